The molecular formula is C19H36N2O. The normalized spacial score (nSPS) is 16.0. The smallest absolute Gasteiger partial charge is 0.105 e. The van der Waals surface area contributed by atoms with Crippen LogP contribution in [0.15, 0.2) is 12.4 Å². The van der Waals surface area contributed by atoms with E-state index in [0.29, 0.717) is 12.5 Å². The molecule has 0 spiro atoms. The van der Waals surface area contributed by atoms with Crippen LogP contribution in [0.4, 0.5) is 0 Å². The molecule has 0 saturated carbocycles. The van der Waals surface area contributed by atoms with Gasteiger partial charge in [-0.15, -0.1) is 0 Å². The average Bonchev–Trinajstić information content (AvgIpc) is 2.83. The van der Waals surface area contributed by atoms with Gasteiger partial charge in [0.2, 0.25) is 0 Å². The SMILES string of the molecule is Cc1nccn1CC(O)C(C)CCCC(C)CCCC(C)C. The van der Waals surface area contributed by atoms with Crippen molar-refractivity contribution in [2.75, 3.05) is 0 Å². The Morgan fingerprint density at radius 2 is 1.68 bits per heavy atom. The highest BCUT2D eigenvalue weighted by Gasteiger charge is 2.15. The molecular weight excluding hydrogens is 272 g/mol. The zero-order chi connectivity index (χ0) is 16.5. The minimum absolute atomic E-state index is 0.274. The molecule has 22 heavy (non-hydrogen) atoms. The molecule has 0 radical (unpaired) electrons. The zero-order valence-corrected chi connectivity index (χ0v) is 15.3. The number of hydrogen-bond donors (Lipinski definition) is 1. The van der Waals surface area contributed by atoms with E-state index in [0.717, 1.165) is 24.1 Å². The van der Waals surface area contributed by atoms with Crippen molar-refractivity contribution in [3.63, 3.8) is 0 Å². The van der Waals surface area contributed by atoms with Crippen molar-refractivity contribution in [3.05, 3.63) is 18.2 Å². The number of imidazole rings is 1. The second kappa shape index (κ2) is 10.0. The first-order valence-electron chi connectivity index (χ1n) is 9.06. The highest BCUT2D eigenvalue weighted by Crippen LogP contribution is 2.21. The van der Waals surface area contributed by atoms with E-state index in [2.05, 4.69) is 32.7 Å². The van der Waals surface area contributed by atoms with Gasteiger partial charge in [0.25, 0.3) is 0 Å². The molecule has 1 heterocycles. The van der Waals surface area contributed by atoms with Gasteiger partial charge in [0.1, 0.15) is 5.82 Å². The van der Waals surface area contributed by atoms with Gasteiger partial charge in [-0.05, 0) is 31.1 Å². The van der Waals surface area contributed by atoms with Crippen LogP contribution in [0.2, 0.25) is 0 Å². The van der Waals surface area contributed by atoms with E-state index in [4.69, 9.17) is 0 Å². The lowest BCUT2D eigenvalue weighted by Crippen LogP contribution is -2.24. The summed E-state index contributed by atoms with van der Waals surface area (Å²) in [6.07, 6.45) is 11.2. The Morgan fingerprint density at radius 1 is 1.05 bits per heavy atom. The average molecular weight is 309 g/mol. The monoisotopic (exact) mass is 308 g/mol. The molecule has 1 rings (SSSR count). The fraction of sp³-hybridized carbons (Fsp3) is 0.842. The lowest BCUT2D eigenvalue weighted by molar-refractivity contribution is 0.0915. The van der Waals surface area contributed by atoms with Crippen molar-refractivity contribution in [2.24, 2.45) is 17.8 Å². The zero-order valence-electron chi connectivity index (χ0n) is 15.3. The number of aliphatic hydroxyl groups excluding tert-OH is 1. The number of rotatable bonds is 11. The van der Waals surface area contributed by atoms with E-state index >= 15 is 0 Å². The van der Waals surface area contributed by atoms with Crippen LogP contribution < -0.4 is 0 Å². The van der Waals surface area contributed by atoms with Crippen LogP contribution in [0.3, 0.4) is 0 Å². The Kier molecular flexibility index (Phi) is 8.77. The van der Waals surface area contributed by atoms with Crippen molar-refractivity contribution >= 4 is 0 Å². The summed E-state index contributed by atoms with van der Waals surface area (Å²) in [5.41, 5.74) is 0. The topological polar surface area (TPSA) is 38.0 Å². The maximum atomic E-state index is 10.3. The fourth-order valence-corrected chi connectivity index (χ4v) is 2.98. The summed E-state index contributed by atoms with van der Waals surface area (Å²) >= 11 is 0. The Hall–Kier alpha value is -0.830. The molecule has 0 bridgehead atoms. The maximum Gasteiger partial charge on any atom is 0.105 e. The fourth-order valence-electron chi connectivity index (χ4n) is 2.98. The summed E-state index contributed by atoms with van der Waals surface area (Å²) < 4.78 is 2.04. The van der Waals surface area contributed by atoms with Gasteiger partial charge in [-0.3, -0.25) is 0 Å². The van der Waals surface area contributed by atoms with Crippen LogP contribution in [0.5, 0.6) is 0 Å². The molecule has 3 heteroatoms. The van der Waals surface area contributed by atoms with Gasteiger partial charge >= 0.3 is 0 Å². The molecule has 3 nitrogen and oxygen atoms in total. The minimum Gasteiger partial charge on any atom is -0.391 e. The second-order valence-electron chi connectivity index (χ2n) is 7.53. The third-order valence-electron chi connectivity index (χ3n) is 4.80. The van der Waals surface area contributed by atoms with E-state index in [-0.39, 0.29) is 6.10 Å². The summed E-state index contributed by atoms with van der Waals surface area (Å²) in [5.74, 6) is 2.97. The van der Waals surface area contributed by atoms with Gasteiger partial charge in [0, 0.05) is 18.9 Å². The van der Waals surface area contributed by atoms with Gasteiger partial charge in [0.05, 0.1) is 6.10 Å². The molecule has 0 saturated heterocycles. The number of hydrogen-bond acceptors (Lipinski definition) is 2. The second-order valence-corrected chi connectivity index (χ2v) is 7.53. The third-order valence-corrected chi connectivity index (χ3v) is 4.80. The number of nitrogens with zero attached hydrogens (tertiary/aromatic N) is 2. The van der Waals surface area contributed by atoms with Crippen LogP contribution in [0.1, 0.15) is 72.0 Å². The van der Waals surface area contributed by atoms with Gasteiger partial charge in [0.15, 0.2) is 0 Å². The molecule has 0 fully saturated rings. The highest BCUT2D eigenvalue weighted by atomic mass is 16.3. The van der Waals surface area contributed by atoms with E-state index in [1.807, 2.05) is 17.7 Å². The van der Waals surface area contributed by atoms with Crippen molar-refractivity contribution in [3.8, 4) is 0 Å². The van der Waals surface area contributed by atoms with Crippen LogP contribution in [0.25, 0.3) is 0 Å². The Labute approximate surface area is 137 Å². The van der Waals surface area contributed by atoms with E-state index in [1.165, 1.54) is 32.1 Å². The third kappa shape index (κ3) is 7.44. The van der Waals surface area contributed by atoms with E-state index < -0.39 is 0 Å². The van der Waals surface area contributed by atoms with Crippen LogP contribution in [0, 0.1) is 24.7 Å². The first-order chi connectivity index (χ1) is 10.4. The number of aryl methyl sites for hydroxylation is 1. The Balaban J connectivity index is 2.16. The van der Waals surface area contributed by atoms with Gasteiger partial charge in [-0.1, -0.05) is 59.8 Å². The largest absolute Gasteiger partial charge is 0.391 e. The Bertz CT molecular complexity index is 400. The quantitative estimate of drug-likeness (QED) is 0.636. The summed E-state index contributed by atoms with van der Waals surface area (Å²) in [6, 6.07) is 0. The van der Waals surface area contributed by atoms with Crippen LogP contribution in [-0.4, -0.2) is 20.8 Å². The molecule has 3 atom stereocenters. The summed E-state index contributed by atoms with van der Waals surface area (Å²) in [6.45, 7) is 11.8. The molecule has 128 valence electrons. The number of aliphatic hydroxyl groups is 1. The first-order valence-corrected chi connectivity index (χ1v) is 9.06. The molecule has 1 aromatic rings. The van der Waals surface area contributed by atoms with Crippen molar-refractivity contribution in [1.82, 2.24) is 9.55 Å². The minimum atomic E-state index is -0.274. The molecule has 0 aliphatic carbocycles. The van der Waals surface area contributed by atoms with Gasteiger partial charge in [-0.25, -0.2) is 4.98 Å². The molecule has 1 N–H and O–H groups in total. The summed E-state index contributed by atoms with van der Waals surface area (Å²) in [7, 11) is 0. The lowest BCUT2D eigenvalue weighted by Gasteiger charge is -2.21. The van der Waals surface area contributed by atoms with E-state index in [1.54, 1.807) is 6.20 Å². The molecule has 0 aromatic carbocycles. The Morgan fingerprint density at radius 3 is 2.23 bits per heavy atom. The standard InChI is InChI=1S/C19H36N2O/c1-15(2)8-6-9-16(3)10-7-11-17(4)19(22)14-21-13-12-20-18(21)5/h12-13,15-17,19,22H,6-11,14H2,1-5H3. The summed E-state index contributed by atoms with van der Waals surface area (Å²) in [5, 5.41) is 10.3. The van der Waals surface area contributed by atoms with Crippen LogP contribution in [-0.2, 0) is 6.54 Å². The van der Waals surface area contributed by atoms with Gasteiger partial charge in [-0.2, -0.15) is 0 Å². The predicted octanol–water partition coefficient (Wildman–Crippen LogP) is 4.82. The van der Waals surface area contributed by atoms with Crippen LogP contribution >= 0.6 is 0 Å². The molecule has 0 amide bonds. The molecule has 0 aliphatic rings. The van der Waals surface area contributed by atoms with Crippen molar-refractivity contribution in [1.29, 1.82) is 0 Å². The lowest BCUT2D eigenvalue weighted by atomic mass is 9.92. The molecule has 0 aliphatic heterocycles. The van der Waals surface area contributed by atoms with E-state index in [9.17, 15) is 5.11 Å². The summed E-state index contributed by atoms with van der Waals surface area (Å²) in [4.78, 5) is 4.21. The van der Waals surface area contributed by atoms with Crippen molar-refractivity contribution < 1.29 is 5.11 Å². The van der Waals surface area contributed by atoms with Crippen molar-refractivity contribution in [2.45, 2.75) is 85.8 Å². The molecule has 3 unspecified atom stereocenters. The molecule has 1 aromatic heterocycles. The predicted molar refractivity (Wildman–Crippen MR) is 93.8 cm³/mol. The highest BCUT2D eigenvalue weighted by molar-refractivity contribution is 4.89. The number of aromatic nitrogens is 2. The maximum absolute atomic E-state index is 10.3. The van der Waals surface area contributed by atoms with Gasteiger partial charge < -0.3 is 9.67 Å². The first kappa shape index (κ1) is 19.2.